The SMILES string of the molecule is O=C(O)c1c(-c2ccccc2Br)nc2n1CCCC2. The maximum absolute atomic E-state index is 11.6. The number of carboxylic acid groups (broad SMARTS) is 1. The molecule has 1 aliphatic heterocycles. The van der Waals surface area contributed by atoms with Crippen LogP contribution in [0.25, 0.3) is 11.3 Å². The maximum atomic E-state index is 11.6. The number of benzene rings is 1. The van der Waals surface area contributed by atoms with Gasteiger partial charge < -0.3 is 9.67 Å². The smallest absolute Gasteiger partial charge is 0.354 e. The van der Waals surface area contributed by atoms with Crippen molar-refractivity contribution < 1.29 is 9.90 Å². The lowest BCUT2D eigenvalue weighted by molar-refractivity contribution is 0.0684. The molecule has 0 radical (unpaired) electrons. The van der Waals surface area contributed by atoms with Crippen LogP contribution in [-0.2, 0) is 13.0 Å². The van der Waals surface area contributed by atoms with E-state index in [1.807, 2.05) is 28.8 Å². The van der Waals surface area contributed by atoms with E-state index in [1.54, 1.807) is 0 Å². The topological polar surface area (TPSA) is 55.1 Å². The summed E-state index contributed by atoms with van der Waals surface area (Å²) in [5.74, 6) is -0.0270. The summed E-state index contributed by atoms with van der Waals surface area (Å²) in [5.41, 5.74) is 1.71. The summed E-state index contributed by atoms with van der Waals surface area (Å²) < 4.78 is 2.72. The Morgan fingerprint density at radius 2 is 2.11 bits per heavy atom. The van der Waals surface area contributed by atoms with E-state index in [2.05, 4.69) is 20.9 Å². The summed E-state index contributed by atoms with van der Waals surface area (Å²) in [6.45, 7) is 0.744. The molecular formula is C14H13BrN2O2. The summed E-state index contributed by atoms with van der Waals surface area (Å²) in [6.07, 6.45) is 2.94. The van der Waals surface area contributed by atoms with E-state index >= 15 is 0 Å². The van der Waals surface area contributed by atoms with E-state index < -0.39 is 5.97 Å². The molecule has 0 spiro atoms. The van der Waals surface area contributed by atoms with Crippen LogP contribution in [0.5, 0.6) is 0 Å². The fraction of sp³-hybridized carbons (Fsp3) is 0.286. The molecule has 2 heterocycles. The van der Waals surface area contributed by atoms with Gasteiger partial charge in [-0.05, 0) is 18.9 Å². The number of aromatic nitrogens is 2. The minimum atomic E-state index is -0.911. The Bertz CT molecular complexity index is 649. The van der Waals surface area contributed by atoms with E-state index in [1.165, 1.54) is 0 Å². The van der Waals surface area contributed by atoms with Crippen molar-refractivity contribution in [1.82, 2.24) is 9.55 Å². The van der Waals surface area contributed by atoms with Crippen LogP contribution in [0.15, 0.2) is 28.7 Å². The molecular weight excluding hydrogens is 308 g/mol. The molecule has 1 aromatic carbocycles. The number of imidazole rings is 1. The molecule has 5 heteroatoms. The predicted octanol–water partition coefficient (Wildman–Crippen LogP) is 3.35. The van der Waals surface area contributed by atoms with Crippen LogP contribution in [0.3, 0.4) is 0 Å². The highest BCUT2D eigenvalue weighted by molar-refractivity contribution is 9.10. The van der Waals surface area contributed by atoms with Crippen molar-refractivity contribution in [3.8, 4) is 11.3 Å². The first-order valence-corrected chi connectivity index (χ1v) is 7.05. The standard InChI is InChI=1S/C14H13BrN2O2/c15-10-6-2-1-5-9(10)12-13(14(18)19)17-8-4-3-7-11(17)16-12/h1-2,5-6H,3-4,7-8H2,(H,18,19). The lowest BCUT2D eigenvalue weighted by Crippen LogP contribution is -2.16. The van der Waals surface area contributed by atoms with Gasteiger partial charge in [0.25, 0.3) is 0 Å². The van der Waals surface area contributed by atoms with Crippen molar-refractivity contribution in [2.24, 2.45) is 0 Å². The second-order valence-electron chi connectivity index (χ2n) is 4.62. The molecule has 0 fully saturated rings. The second-order valence-corrected chi connectivity index (χ2v) is 5.47. The lowest BCUT2D eigenvalue weighted by Gasteiger charge is -2.14. The first-order valence-electron chi connectivity index (χ1n) is 6.26. The number of fused-ring (bicyclic) bond motifs is 1. The molecule has 0 saturated carbocycles. The van der Waals surface area contributed by atoms with Crippen LogP contribution in [0, 0.1) is 0 Å². The number of aromatic carboxylic acids is 1. The highest BCUT2D eigenvalue weighted by Crippen LogP contribution is 2.32. The molecule has 4 nitrogen and oxygen atoms in total. The Hall–Kier alpha value is -1.62. The van der Waals surface area contributed by atoms with E-state index in [0.29, 0.717) is 11.4 Å². The molecule has 1 N–H and O–H groups in total. The Morgan fingerprint density at radius 3 is 2.84 bits per heavy atom. The van der Waals surface area contributed by atoms with Gasteiger partial charge in [0.05, 0.1) is 0 Å². The molecule has 98 valence electrons. The summed E-state index contributed by atoms with van der Waals surface area (Å²) in [5, 5.41) is 9.49. The summed E-state index contributed by atoms with van der Waals surface area (Å²) in [7, 11) is 0. The van der Waals surface area contributed by atoms with Crippen LogP contribution < -0.4 is 0 Å². The van der Waals surface area contributed by atoms with Crippen molar-refractivity contribution in [2.75, 3.05) is 0 Å². The molecule has 0 amide bonds. The zero-order valence-corrected chi connectivity index (χ0v) is 11.9. The van der Waals surface area contributed by atoms with Crippen molar-refractivity contribution >= 4 is 21.9 Å². The van der Waals surface area contributed by atoms with Gasteiger partial charge in [-0.1, -0.05) is 34.1 Å². The highest BCUT2D eigenvalue weighted by Gasteiger charge is 2.25. The van der Waals surface area contributed by atoms with Crippen LogP contribution >= 0.6 is 15.9 Å². The van der Waals surface area contributed by atoms with Crippen LogP contribution in [0.4, 0.5) is 0 Å². The van der Waals surface area contributed by atoms with Gasteiger partial charge in [0, 0.05) is 23.0 Å². The summed E-state index contributed by atoms with van der Waals surface area (Å²) >= 11 is 3.47. The third-order valence-corrected chi connectivity index (χ3v) is 4.10. The largest absolute Gasteiger partial charge is 0.477 e. The van der Waals surface area contributed by atoms with Crippen molar-refractivity contribution in [3.63, 3.8) is 0 Å². The van der Waals surface area contributed by atoms with Gasteiger partial charge in [-0.2, -0.15) is 0 Å². The second kappa shape index (κ2) is 4.81. The predicted molar refractivity (Wildman–Crippen MR) is 75.3 cm³/mol. The fourth-order valence-electron chi connectivity index (χ4n) is 2.54. The minimum Gasteiger partial charge on any atom is -0.477 e. The van der Waals surface area contributed by atoms with Crippen LogP contribution in [0.2, 0.25) is 0 Å². The monoisotopic (exact) mass is 320 g/mol. The van der Waals surface area contributed by atoms with E-state index in [-0.39, 0.29) is 0 Å². The first kappa shape index (κ1) is 12.4. The molecule has 0 atom stereocenters. The minimum absolute atomic E-state index is 0.307. The number of aryl methyl sites for hydroxylation is 1. The molecule has 3 rings (SSSR count). The Morgan fingerprint density at radius 1 is 1.32 bits per heavy atom. The highest BCUT2D eigenvalue weighted by atomic mass is 79.9. The van der Waals surface area contributed by atoms with Crippen molar-refractivity contribution in [1.29, 1.82) is 0 Å². The molecule has 0 unspecified atom stereocenters. The number of halogens is 1. The van der Waals surface area contributed by atoms with Crippen LogP contribution in [-0.4, -0.2) is 20.6 Å². The normalized spacial score (nSPS) is 14.2. The zero-order chi connectivity index (χ0) is 13.4. The van der Waals surface area contributed by atoms with E-state index in [9.17, 15) is 9.90 Å². The van der Waals surface area contributed by atoms with Gasteiger partial charge in [-0.25, -0.2) is 9.78 Å². The molecule has 1 aromatic heterocycles. The Kier molecular flexibility index (Phi) is 3.14. The van der Waals surface area contributed by atoms with Gasteiger partial charge in [0.15, 0.2) is 5.69 Å². The van der Waals surface area contributed by atoms with Crippen molar-refractivity contribution in [3.05, 3.63) is 40.3 Å². The molecule has 0 bridgehead atoms. The van der Waals surface area contributed by atoms with E-state index in [4.69, 9.17) is 0 Å². The Balaban J connectivity index is 2.24. The lowest BCUT2D eigenvalue weighted by atomic mass is 10.1. The third kappa shape index (κ3) is 2.08. The molecule has 2 aromatic rings. The van der Waals surface area contributed by atoms with Gasteiger partial charge in [0.1, 0.15) is 11.5 Å². The molecule has 1 aliphatic rings. The first-order chi connectivity index (χ1) is 9.18. The molecule has 19 heavy (non-hydrogen) atoms. The summed E-state index contributed by atoms with van der Waals surface area (Å²) in [4.78, 5) is 16.1. The number of carboxylic acids is 1. The third-order valence-electron chi connectivity index (χ3n) is 3.41. The van der Waals surface area contributed by atoms with Gasteiger partial charge >= 0.3 is 5.97 Å². The number of hydrogen-bond acceptors (Lipinski definition) is 2. The Labute approximate surface area is 119 Å². The molecule has 0 saturated heterocycles. The average molecular weight is 321 g/mol. The number of carbonyl (C=O) groups is 1. The number of rotatable bonds is 2. The van der Waals surface area contributed by atoms with E-state index in [0.717, 1.165) is 41.7 Å². The number of nitrogens with zero attached hydrogens (tertiary/aromatic N) is 2. The van der Waals surface area contributed by atoms with Gasteiger partial charge in [0.2, 0.25) is 0 Å². The maximum Gasteiger partial charge on any atom is 0.354 e. The van der Waals surface area contributed by atoms with Gasteiger partial charge in [-0.15, -0.1) is 0 Å². The van der Waals surface area contributed by atoms with Crippen molar-refractivity contribution in [2.45, 2.75) is 25.8 Å². The van der Waals surface area contributed by atoms with Gasteiger partial charge in [-0.3, -0.25) is 0 Å². The molecule has 0 aliphatic carbocycles. The quantitative estimate of drug-likeness (QED) is 0.923. The number of hydrogen-bond donors (Lipinski definition) is 1. The summed E-state index contributed by atoms with van der Waals surface area (Å²) in [6, 6.07) is 7.60. The zero-order valence-electron chi connectivity index (χ0n) is 10.3. The fourth-order valence-corrected chi connectivity index (χ4v) is 3.01. The average Bonchev–Trinajstić information content (AvgIpc) is 2.78. The van der Waals surface area contributed by atoms with Crippen LogP contribution in [0.1, 0.15) is 29.2 Å².